The lowest BCUT2D eigenvalue weighted by atomic mass is 10.1. The summed E-state index contributed by atoms with van der Waals surface area (Å²) in [7, 11) is -3.65. The van der Waals surface area contributed by atoms with Crippen LogP contribution in [0.2, 0.25) is 5.02 Å². The molecule has 0 spiro atoms. The summed E-state index contributed by atoms with van der Waals surface area (Å²) >= 11 is 5.93. The SMILES string of the molecule is Cc1c(Cl)cccc1S(=O)(=O)NCC[C@H](O)c1ccoc1. The molecule has 0 aliphatic carbocycles. The molecule has 2 rings (SSSR count). The van der Waals surface area contributed by atoms with E-state index in [0.29, 0.717) is 16.1 Å². The van der Waals surface area contributed by atoms with Gasteiger partial charge in [-0.1, -0.05) is 17.7 Å². The summed E-state index contributed by atoms with van der Waals surface area (Å²) in [6.45, 7) is 1.76. The minimum absolute atomic E-state index is 0.112. The number of benzene rings is 1. The van der Waals surface area contributed by atoms with Crippen LogP contribution in [0.15, 0.2) is 46.1 Å². The van der Waals surface area contributed by atoms with Gasteiger partial charge in [-0.05, 0) is 37.1 Å². The highest BCUT2D eigenvalue weighted by atomic mass is 35.5. The Morgan fingerprint density at radius 1 is 1.38 bits per heavy atom. The fourth-order valence-electron chi connectivity index (χ4n) is 1.92. The quantitative estimate of drug-likeness (QED) is 0.853. The second-order valence-corrected chi connectivity index (χ2v) is 6.76. The highest BCUT2D eigenvalue weighted by Crippen LogP contribution is 2.23. The van der Waals surface area contributed by atoms with Crippen molar-refractivity contribution < 1.29 is 17.9 Å². The molecule has 0 unspecified atom stereocenters. The van der Waals surface area contributed by atoms with E-state index in [1.165, 1.54) is 18.6 Å². The van der Waals surface area contributed by atoms with E-state index in [4.69, 9.17) is 16.0 Å². The zero-order valence-electron chi connectivity index (χ0n) is 11.4. The van der Waals surface area contributed by atoms with Crippen molar-refractivity contribution in [1.82, 2.24) is 4.72 Å². The highest BCUT2D eigenvalue weighted by molar-refractivity contribution is 7.89. The number of aliphatic hydroxyl groups excluding tert-OH is 1. The fourth-order valence-corrected chi connectivity index (χ4v) is 3.46. The summed E-state index contributed by atoms with van der Waals surface area (Å²) in [6.07, 6.45) is 2.36. The van der Waals surface area contributed by atoms with E-state index in [0.717, 1.165) is 0 Å². The van der Waals surface area contributed by atoms with Gasteiger partial charge in [0, 0.05) is 17.1 Å². The number of sulfonamides is 1. The van der Waals surface area contributed by atoms with E-state index in [1.807, 2.05) is 0 Å². The van der Waals surface area contributed by atoms with E-state index >= 15 is 0 Å². The summed E-state index contributed by atoms with van der Waals surface area (Å²) in [5, 5.41) is 10.3. The molecule has 0 amide bonds. The van der Waals surface area contributed by atoms with Gasteiger partial charge >= 0.3 is 0 Å². The molecule has 1 aromatic heterocycles. The number of rotatable bonds is 6. The van der Waals surface area contributed by atoms with Gasteiger partial charge in [0.05, 0.1) is 23.5 Å². The summed E-state index contributed by atoms with van der Waals surface area (Å²) in [5.74, 6) is 0. The molecule has 0 aliphatic heterocycles. The van der Waals surface area contributed by atoms with Crippen LogP contribution >= 0.6 is 11.6 Å². The zero-order valence-corrected chi connectivity index (χ0v) is 13.0. The van der Waals surface area contributed by atoms with Gasteiger partial charge in [-0.2, -0.15) is 0 Å². The topological polar surface area (TPSA) is 79.5 Å². The van der Waals surface area contributed by atoms with E-state index in [2.05, 4.69) is 4.72 Å². The Kier molecular flexibility index (Phi) is 5.05. The van der Waals surface area contributed by atoms with Crippen molar-refractivity contribution in [3.05, 3.63) is 52.9 Å². The smallest absolute Gasteiger partial charge is 0.240 e. The Labute approximate surface area is 128 Å². The molecule has 0 saturated carbocycles. The molecule has 1 atom stereocenters. The fraction of sp³-hybridized carbons (Fsp3) is 0.286. The molecule has 1 heterocycles. The normalized spacial score (nSPS) is 13.3. The molecule has 0 radical (unpaired) electrons. The monoisotopic (exact) mass is 329 g/mol. The predicted molar refractivity (Wildman–Crippen MR) is 79.7 cm³/mol. The number of furan rings is 1. The van der Waals surface area contributed by atoms with Gasteiger partial charge in [-0.25, -0.2) is 13.1 Å². The predicted octanol–water partition coefficient (Wildman–Crippen LogP) is 2.64. The molecule has 21 heavy (non-hydrogen) atoms. The van der Waals surface area contributed by atoms with Crippen LogP contribution < -0.4 is 4.72 Å². The second kappa shape index (κ2) is 6.62. The Morgan fingerprint density at radius 2 is 2.14 bits per heavy atom. The summed E-state index contributed by atoms with van der Waals surface area (Å²) in [6, 6.07) is 6.36. The minimum Gasteiger partial charge on any atom is -0.472 e. The first-order chi connectivity index (χ1) is 9.92. The van der Waals surface area contributed by atoms with Crippen molar-refractivity contribution in [2.75, 3.05) is 6.54 Å². The molecule has 114 valence electrons. The Bertz CT molecular complexity index is 698. The largest absolute Gasteiger partial charge is 0.472 e. The average Bonchev–Trinajstić information content (AvgIpc) is 2.95. The standard InChI is InChI=1S/C14H16ClNO4S/c1-10-12(15)3-2-4-14(10)21(18,19)16-7-5-13(17)11-6-8-20-9-11/h2-4,6,8-9,13,16-17H,5,7H2,1H3/t13-/m0/s1. The van der Waals surface area contributed by atoms with Crippen LogP contribution in [0.4, 0.5) is 0 Å². The van der Waals surface area contributed by atoms with Gasteiger partial charge in [-0.15, -0.1) is 0 Å². The number of aliphatic hydroxyl groups is 1. The molecule has 5 nitrogen and oxygen atoms in total. The van der Waals surface area contributed by atoms with E-state index in [1.54, 1.807) is 25.1 Å². The third kappa shape index (κ3) is 3.85. The van der Waals surface area contributed by atoms with Gasteiger partial charge in [0.25, 0.3) is 0 Å². The maximum atomic E-state index is 12.2. The Morgan fingerprint density at radius 3 is 2.81 bits per heavy atom. The van der Waals surface area contributed by atoms with Crippen molar-refractivity contribution in [3.63, 3.8) is 0 Å². The van der Waals surface area contributed by atoms with Crippen LogP contribution in [0.25, 0.3) is 0 Å². The lowest BCUT2D eigenvalue weighted by molar-refractivity contribution is 0.168. The lowest BCUT2D eigenvalue weighted by Crippen LogP contribution is -2.26. The summed E-state index contributed by atoms with van der Waals surface area (Å²) in [5.41, 5.74) is 1.12. The number of nitrogens with one attached hydrogen (secondary N) is 1. The first-order valence-electron chi connectivity index (χ1n) is 6.37. The molecule has 2 aromatic rings. The van der Waals surface area contributed by atoms with Gasteiger partial charge in [-0.3, -0.25) is 0 Å². The molecular formula is C14H16ClNO4S. The first kappa shape index (κ1) is 16.0. The second-order valence-electron chi connectivity index (χ2n) is 4.62. The van der Waals surface area contributed by atoms with Crippen molar-refractivity contribution in [1.29, 1.82) is 0 Å². The maximum Gasteiger partial charge on any atom is 0.240 e. The van der Waals surface area contributed by atoms with Crippen LogP contribution in [0.1, 0.15) is 23.7 Å². The van der Waals surface area contributed by atoms with Crippen LogP contribution in [-0.4, -0.2) is 20.1 Å². The molecule has 7 heteroatoms. The average molecular weight is 330 g/mol. The summed E-state index contributed by atoms with van der Waals surface area (Å²) < 4.78 is 31.7. The molecule has 2 N–H and O–H groups in total. The van der Waals surface area contributed by atoms with Gasteiger partial charge in [0.2, 0.25) is 10.0 Å². The van der Waals surface area contributed by atoms with Gasteiger partial charge in [0.1, 0.15) is 0 Å². The molecule has 0 saturated heterocycles. The van der Waals surface area contributed by atoms with Crippen molar-refractivity contribution in [2.24, 2.45) is 0 Å². The zero-order chi connectivity index (χ0) is 15.5. The Balaban J connectivity index is 2.00. The van der Waals surface area contributed by atoms with Crippen molar-refractivity contribution >= 4 is 21.6 Å². The van der Waals surface area contributed by atoms with Gasteiger partial charge < -0.3 is 9.52 Å². The summed E-state index contributed by atoms with van der Waals surface area (Å²) in [4.78, 5) is 0.146. The molecular weight excluding hydrogens is 314 g/mol. The van der Waals surface area contributed by atoms with Crippen molar-refractivity contribution in [2.45, 2.75) is 24.3 Å². The number of halogens is 1. The first-order valence-corrected chi connectivity index (χ1v) is 8.23. The third-order valence-electron chi connectivity index (χ3n) is 3.15. The molecule has 0 aliphatic rings. The molecule has 0 fully saturated rings. The Hall–Kier alpha value is -1.34. The number of hydrogen-bond donors (Lipinski definition) is 2. The van der Waals surface area contributed by atoms with Gasteiger partial charge in [0.15, 0.2) is 0 Å². The maximum absolute atomic E-state index is 12.2. The van der Waals surface area contributed by atoms with Crippen LogP contribution in [-0.2, 0) is 10.0 Å². The van der Waals surface area contributed by atoms with E-state index in [-0.39, 0.29) is 17.9 Å². The van der Waals surface area contributed by atoms with Crippen molar-refractivity contribution in [3.8, 4) is 0 Å². The van der Waals surface area contributed by atoms with Crippen LogP contribution in [0.5, 0.6) is 0 Å². The number of hydrogen-bond acceptors (Lipinski definition) is 4. The van der Waals surface area contributed by atoms with E-state index in [9.17, 15) is 13.5 Å². The van der Waals surface area contributed by atoms with E-state index < -0.39 is 16.1 Å². The minimum atomic E-state index is -3.65. The van der Waals surface area contributed by atoms with Crippen LogP contribution in [0.3, 0.4) is 0 Å². The third-order valence-corrected chi connectivity index (χ3v) is 5.16. The molecule has 1 aromatic carbocycles. The molecule has 0 bridgehead atoms. The highest BCUT2D eigenvalue weighted by Gasteiger charge is 2.18. The van der Waals surface area contributed by atoms with Crippen LogP contribution in [0, 0.1) is 6.92 Å². The lowest BCUT2D eigenvalue weighted by Gasteiger charge is -2.12.